The van der Waals surface area contributed by atoms with Crippen molar-refractivity contribution in [2.24, 2.45) is 5.92 Å². The predicted molar refractivity (Wildman–Crippen MR) is 128 cm³/mol. The van der Waals surface area contributed by atoms with Crippen LogP contribution in [-0.4, -0.2) is 5.91 Å². The van der Waals surface area contributed by atoms with Gasteiger partial charge in [-0.15, -0.1) is 0 Å². The Morgan fingerprint density at radius 1 is 0.968 bits per heavy atom. The van der Waals surface area contributed by atoms with E-state index >= 15 is 0 Å². The van der Waals surface area contributed by atoms with Crippen molar-refractivity contribution in [2.75, 3.05) is 0 Å². The summed E-state index contributed by atoms with van der Waals surface area (Å²) in [5.74, 6) is 1.01. The highest BCUT2D eigenvalue weighted by Crippen LogP contribution is 2.25. The Bertz CT molecular complexity index is 1020. The molecule has 0 aliphatic heterocycles. The minimum absolute atomic E-state index is 0.0332. The Morgan fingerprint density at radius 3 is 2.35 bits per heavy atom. The fraction of sp³-hybridized carbons (Fsp3) is 0.296. The normalized spacial score (nSPS) is 11.9. The third kappa shape index (κ3) is 6.60. The van der Waals surface area contributed by atoms with E-state index in [1.54, 1.807) is 6.07 Å². The van der Waals surface area contributed by atoms with E-state index in [0.29, 0.717) is 28.9 Å². The van der Waals surface area contributed by atoms with Crippen LogP contribution in [0.4, 0.5) is 0 Å². The summed E-state index contributed by atoms with van der Waals surface area (Å²) in [6.07, 6.45) is 0.879. The molecule has 1 N–H and O–H groups in total. The molecule has 3 aromatic carbocycles. The van der Waals surface area contributed by atoms with Crippen LogP contribution in [0.1, 0.15) is 58.9 Å². The first-order chi connectivity index (χ1) is 14.8. The number of amides is 1. The number of carbonyl (C=O) groups excluding carboxylic acids is 1. The average molecular weight is 436 g/mol. The van der Waals surface area contributed by atoms with Crippen molar-refractivity contribution in [1.29, 1.82) is 0 Å². The van der Waals surface area contributed by atoms with Gasteiger partial charge in [-0.05, 0) is 61.6 Å². The van der Waals surface area contributed by atoms with Gasteiger partial charge in [-0.25, -0.2) is 0 Å². The van der Waals surface area contributed by atoms with E-state index in [-0.39, 0.29) is 11.9 Å². The SMILES string of the molecule is Cc1cc(C)cc(C(CC(C)C)NC(=O)c2cccc(COc3ccccc3Cl)c2)c1. The molecule has 3 rings (SSSR count). The van der Waals surface area contributed by atoms with E-state index in [1.807, 2.05) is 42.5 Å². The van der Waals surface area contributed by atoms with Crippen LogP contribution in [-0.2, 0) is 6.61 Å². The van der Waals surface area contributed by atoms with Gasteiger partial charge >= 0.3 is 0 Å². The van der Waals surface area contributed by atoms with E-state index in [0.717, 1.165) is 17.5 Å². The zero-order chi connectivity index (χ0) is 22.4. The minimum Gasteiger partial charge on any atom is -0.487 e. The van der Waals surface area contributed by atoms with Gasteiger partial charge in [-0.1, -0.05) is 79.0 Å². The molecule has 0 heterocycles. The number of hydrogen-bond donors (Lipinski definition) is 1. The maximum absolute atomic E-state index is 13.1. The van der Waals surface area contributed by atoms with Gasteiger partial charge in [0.1, 0.15) is 12.4 Å². The molecule has 1 amide bonds. The molecule has 162 valence electrons. The van der Waals surface area contributed by atoms with Gasteiger partial charge in [0.25, 0.3) is 5.91 Å². The van der Waals surface area contributed by atoms with E-state index in [4.69, 9.17) is 16.3 Å². The van der Waals surface area contributed by atoms with Crippen molar-refractivity contribution in [1.82, 2.24) is 5.32 Å². The van der Waals surface area contributed by atoms with Crippen LogP contribution in [0.5, 0.6) is 5.75 Å². The van der Waals surface area contributed by atoms with E-state index in [9.17, 15) is 4.79 Å². The number of ether oxygens (including phenoxy) is 1. The van der Waals surface area contributed by atoms with E-state index in [2.05, 4.69) is 51.2 Å². The van der Waals surface area contributed by atoms with E-state index < -0.39 is 0 Å². The van der Waals surface area contributed by atoms with Crippen LogP contribution < -0.4 is 10.1 Å². The lowest BCUT2D eigenvalue weighted by atomic mass is 9.94. The second kappa shape index (κ2) is 10.5. The maximum atomic E-state index is 13.1. The lowest BCUT2D eigenvalue weighted by Gasteiger charge is -2.22. The largest absolute Gasteiger partial charge is 0.487 e. The molecule has 0 radical (unpaired) electrons. The van der Waals surface area contributed by atoms with E-state index in [1.165, 1.54) is 11.1 Å². The Morgan fingerprint density at radius 2 is 1.68 bits per heavy atom. The zero-order valence-corrected chi connectivity index (χ0v) is 19.4. The highest BCUT2D eigenvalue weighted by atomic mass is 35.5. The second-order valence-electron chi connectivity index (χ2n) is 8.50. The summed E-state index contributed by atoms with van der Waals surface area (Å²) in [5, 5.41) is 3.82. The molecule has 1 unspecified atom stereocenters. The Labute approximate surface area is 190 Å². The molecule has 0 fully saturated rings. The lowest BCUT2D eigenvalue weighted by molar-refractivity contribution is 0.0931. The standard InChI is InChI=1S/C27H30ClNO2/c1-18(2)12-25(23-14-19(3)13-20(4)15-23)29-27(30)22-9-7-8-21(16-22)17-31-26-11-6-5-10-24(26)28/h5-11,13-16,18,25H,12,17H2,1-4H3,(H,29,30). The number of rotatable bonds is 8. The van der Waals surface area contributed by atoms with Crippen LogP contribution in [0.15, 0.2) is 66.7 Å². The van der Waals surface area contributed by atoms with Crippen LogP contribution in [0.3, 0.4) is 0 Å². The summed E-state index contributed by atoms with van der Waals surface area (Å²) in [6, 6.07) is 21.4. The number of nitrogens with one attached hydrogen (secondary N) is 1. The molecule has 0 spiro atoms. The summed E-state index contributed by atoms with van der Waals surface area (Å²) >= 11 is 6.16. The summed E-state index contributed by atoms with van der Waals surface area (Å²) < 4.78 is 5.82. The average Bonchev–Trinajstić information content (AvgIpc) is 2.72. The first kappa shape index (κ1) is 22.9. The molecule has 0 aliphatic rings. The smallest absolute Gasteiger partial charge is 0.251 e. The third-order valence-corrected chi connectivity index (χ3v) is 5.39. The van der Waals surface area contributed by atoms with Crippen LogP contribution in [0.2, 0.25) is 5.02 Å². The van der Waals surface area contributed by atoms with Crippen LogP contribution in [0.25, 0.3) is 0 Å². The molecule has 31 heavy (non-hydrogen) atoms. The van der Waals surface area contributed by atoms with Crippen molar-refractivity contribution in [3.05, 3.63) is 99.6 Å². The monoisotopic (exact) mass is 435 g/mol. The molecule has 3 aromatic rings. The third-order valence-electron chi connectivity index (χ3n) is 5.08. The molecular formula is C27H30ClNO2. The summed E-state index contributed by atoms with van der Waals surface area (Å²) in [4.78, 5) is 13.1. The number of halogens is 1. The van der Waals surface area contributed by atoms with Crippen LogP contribution >= 0.6 is 11.6 Å². The van der Waals surface area contributed by atoms with Gasteiger partial charge in [-0.3, -0.25) is 4.79 Å². The fourth-order valence-electron chi connectivity index (χ4n) is 3.73. The molecule has 0 bridgehead atoms. The second-order valence-corrected chi connectivity index (χ2v) is 8.90. The highest BCUT2D eigenvalue weighted by molar-refractivity contribution is 6.32. The first-order valence-electron chi connectivity index (χ1n) is 10.7. The molecule has 0 aromatic heterocycles. The molecule has 1 atom stereocenters. The lowest BCUT2D eigenvalue weighted by Crippen LogP contribution is -2.29. The molecule has 3 nitrogen and oxygen atoms in total. The summed E-state index contributed by atoms with van der Waals surface area (Å²) in [7, 11) is 0. The first-order valence-corrected chi connectivity index (χ1v) is 11.0. The van der Waals surface area contributed by atoms with Crippen molar-refractivity contribution in [2.45, 2.75) is 46.8 Å². The van der Waals surface area contributed by atoms with Crippen molar-refractivity contribution < 1.29 is 9.53 Å². The Hall–Kier alpha value is -2.78. The minimum atomic E-state index is -0.0793. The number of carbonyl (C=O) groups is 1. The zero-order valence-electron chi connectivity index (χ0n) is 18.6. The van der Waals surface area contributed by atoms with Crippen molar-refractivity contribution in [3.8, 4) is 5.75 Å². The summed E-state index contributed by atoms with van der Waals surface area (Å²) in [5.41, 5.74) is 5.10. The van der Waals surface area contributed by atoms with Gasteiger partial charge in [-0.2, -0.15) is 0 Å². The molecule has 4 heteroatoms. The number of hydrogen-bond acceptors (Lipinski definition) is 2. The van der Waals surface area contributed by atoms with Gasteiger partial charge in [0.05, 0.1) is 11.1 Å². The maximum Gasteiger partial charge on any atom is 0.251 e. The van der Waals surface area contributed by atoms with Crippen molar-refractivity contribution in [3.63, 3.8) is 0 Å². The van der Waals surface area contributed by atoms with Gasteiger partial charge in [0.2, 0.25) is 0 Å². The number of aryl methyl sites for hydroxylation is 2. The van der Waals surface area contributed by atoms with Gasteiger partial charge in [0, 0.05) is 5.56 Å². The Kier molecular flexibility index (Phi) is 7.75. The summed E-state index contributed by atoms with van der Waals surface area (Å²) in [6.45, 7) is 8.88. The number of benzene rings is 3. The molecule has 0 saturated heterocycles. The van der Waals surface area contributed by atoms with Crippen molar-refractivity contribution >= 4 is 17.5 Å². The molecular weight excluding hydrogens is 406 g/mol. The van der Waals surface area contributed by atoms with Gasteiger partial charge in [0.15, 0.2) is 0 Å². The topological polar surface area (TPSA) is 38.3 Å². The quantitative estimate of drug-likeness (QED) is 0.411. The highest BCUT2D eigenvalue weighted by Gasteiger charge is 2.18. The Balaban J connectivity index is 1.74. The number of para-hydroxylation sites is 1. The predicted octanol–water partition coefficient (Wildman–Crippen LogP) is 7.05. The van der Waals surface area contributed by atoms with Crippen LogP contribution in [0, 0.1) is 19.8 Å². The molecule has 0 saturated carbocycles. The fourth-order valence-corrected chi connectivity index (χ4v) is 3.92. The molecule has 0 aliphatic carbocycles. The van der Waals surface area contributed by atoms with Gasteiger partial charge < -0.3 is 10.1 Å².